The van der Waals surface area contributed by atoms with Gasteiger partial charge in [0.1, 0.15) is 5.75 Å². The molecule has 1 aromatic carbocycles. The average Bonchev–Trinajstić information content (AvgIpc) is 2.11. The summed E-state index contributed by atoms with van der Waals surface area (Å²) in [6.45, 7) is 1.92. The molecule has 0 fully saturated rings. The standard InChI is InChI=1S/C10H11IN2O/c1-6-4-10(14)7(5-8(6)11)9(13)2-3-12/h4-5,9,14H,2,13H2,1H3. The van der Waals surface area contributed by atoms with Gasteiger partial charge >= 0.3 is 0 Å². The minimum absolute atomic E-state index is 0.172. The van der Waals surface area contributed by atoms with Crippen LogP contribution in [0, 0.1) is 21.8 Å². The molecule has 1 aromatic rings. The Morgan fingerprint density at radius 3 is 2.86 bits per heavy atom. The summed E-state index contributed by atoms with van der Waals surface area (Å²) >= 11 is 2.18. The molecule has 0 aliphatic heterocycles. The van der Waals surface area contributed by atoms with Crippen LogP contribution in [0.15, 0.2) is 12.1 Å². The Kier molecular flexibility index (Phi) is 3.72. The molecule has 0 radical (unpaired) electrons. The van der Waals surface area contributed by atoms with Crippen molar-refractivity contribution >= 4 is 22.6 Å². The number of rotatable bonds is 2. The van der Waals surface area contributed by atoms with Gasteiger partial charge in [0.05, 0.1) is 12.5 Å². The highest BCUT2D eigenvalue weighted by Gasteiger charge is 2.12. The highest BCUT2D eigenvalue weighted by molar-refractivity contribution is 14.1. The normalized spacial score (nSPS) is 12.1. The maximum absolute atomic E-state index is 9.62. The number of nitrogens with zero attached hydrogens (tertiary/aromatic N) is 1. The van der Waals surface area contributed by atoms with Crippen LogP contribution in [-0.2, 0) is 0 Å². The topological polar surface area (TPSA) is 70.0 Å². The van der Waals surface area contributed by atoms with Gasteiger partial charge in [-0.1, -0.05) is 0 Å². The van der Waals surface area contributed by atoms with Crippen LogP contribution in [0.5, 0.6) is 5.75 Å². The van der Waals surface area contributed by atoms with Crippen LogP contribution in [0.2, 0.25) is 0 Å². The van der Waals surface area contributed by atoms with Crippen molar-refractivity contribution < 1.29 is 5.11 Å². The second-order valence-corrected chi connectivity index (χ2v) is 4.29. The summed E-state index contributed by atoms with van der Waals surface area (Å²) < 4.78 is 1.05. The number of phenolic OH excluding ortho intramolecular Hbond substituents is 1. The second-order valence-electron chi connectivity index (χ2n) is 3.13. The van der Waals surface area contributed by atoms with Gasteiger partial charge in [-0.15, -0.1) is 0 Å². The fourth-order valence-corrected chi connectivity index (χ4v) is 1.68. The zero-order chi connectivity index (χ0) is 10.7. The summed E-state index contributed by atoms with van der Waals surface area (Å²) in [5.74, 6) is 0.172. The predicted octanol–water partition coefficient (Wildman–Crippen LogP) is 2.22. The molecule has 0 heterocycles. The molecule has 0 aliphatic carbocycles. The summed E-state index contributed by atoms with van der Waals surface area (Å²) in [5, 5.41) is 18.1. The van der Waals surface area contributed by atoms with Crippen molar-refractivity contribution in [1.82, 2.24) is 0 Å². The largest absolute Gasteiger partial charge is 0.508 e. The molecule has 0 bridgehead atoms. The SMILES string of the molecule is Cc1cc(O)c(C(N)CC#N)cc1I. The second kappa shape index (κ2) is 4.62. The molecule has 0 aromatic heterocycles. The van der Waals surface area contributed by atoms with Gasteiger partial charge in [-0.25, -0.2) is 0 Å². The van der Waals surface area contributed by atoms with Crippen molar-refractivity contribution in [3.8, 4) is 11.8 Å². The summed E-state index contributed by atoms with van der Waals surface area (Å²) in [7, 11) is 0. The molecule has 1 atom stereocenters. The van der Waals surface area contributed by atoms with E-state index in [1.54, 1.807) is 6.07 Å². The van der Waals surface area contributed by atoms with Crippen molar-refractivity contribution in [2.75, 3.05) is 0 Å². The number of hydrogen-bond donors (Lipinski definition) is 2. The highest BCUT2D eigenvalue weighted by atomic mass is 127. The van der Waals surface area contributed by atoms with E-state index in [0.717, 1.165) is 9.13 Å². The van der Waals surface area contributed by atoms with Gasteiger partial charge < -0.3 is 10.8 Å². The van der Waals surface area contributed by atoms with E-state index in [1.807, 2.05) is 19.1 Å². The number of hydrogen-bond acceptors (Lipinski definition) is 3. The third kappa shape index (κ3) is 2.36. The third-order valence-corrected chi connectivity index (χ3v) is 3.18. The lowest BCUT2D eigenvalue weighted by atomic mass is 10.0. The Labute approximate surface area is 96.7 Å². The molecule has 14 heavy (non-hydrogen) atoms. The summed E-state index contributed by atoms with van der Waals surface area (Å²) in [4.78, 5) is 0. The van der Waals surface area contributed by atoms with Crippen LogP contribution >= 0.6 is 22.6 Å². The Balaban J connectivity index is 3.10. The number of nitrogens with two attached hydrogens (primary N) is 1. The molecule has 0 saturated carbocycles. The van der Waals surface area contributed by atoms with E-state index in [2.05, 4.69) is 22.6 Å². The number of aryl methyl sites for hydroxylation is 1. The molecule has 0 saturated heterocycles. The van der Waals surface area contributed by atoms with E-state index in [0.29, 0.717) is 5.56 Å². The summed E-state index contributed by atoms with van der Waals surface area (Å²) in [5.41, 5.74) is 7.39. The molecular weight excluding hydrogens is 291 g/mol. The lowest BCUT2D eigenvalue weighted by Gasteiger charge is -2.11. The third-order valence-electron chi connectivity index (χ3n) is 2.02. The van der Waals surface area contributed by atoms with Gasteiger partial charge in [-0.2, -0.15) is 5.26 Å². The molecule has 1 rings (SSSR count). The molecule has 4 heteroatoms. The van der Waals surface area contributed by atoms with Gasteiger partial charge in [0.25, 0.3) is 0 Å². The number of aromatic hydroxyl groups is 1. The van der Waals surface area contributed by atoms with Gasteiger partial charge in [0, 0.05) is 15.2 Å². The summed E-state index contributed by atoms with van der Waals surface area (Å²) in [6, 6.07) is 5.08. The van der Waals surface area contributed by atoms with Crippen molar-refractivity contribution in [3.63, 3.8) is 0 Å². The van der Waals surface area contributed by atoms with E-state index >= 15 is 0 Å². The smallest absolute Gasteiger partial charge is 0.120 e. The van der Waals surface area contributed by atoms with Crippen molar-refractivity contribution in [2.45, 2.75) is 19.4 Å². The lowest BCUT2D eigenvalue weighted by Crippen LogP contribution is -2.10. The first-order chi connectivity index (χ1) is 6.56. The van der Waals surface area contributed by atoms with Gasteiger partial charge in [0.2, 0.25) is 0 Å². The minimum Gasteiger partial charge on any atom is -0.508 e. The molecule has 0 amide bonds. The minimum atomic E-state index is -0.408. The predicted molar refractivity (Wildman–Crippen MR) is 62.7 cm³/mol. The van der Waals surface area contributed by atoms with Crippen molar-refractivity contribution in [3.05, 3.63) is 26.8 Å². The molecule has 3 nitrogen and oxygen atoms in total. The lowest BCUT2D eigenvalue weighted by molar-refractivity contribution is 0.461. The Bertz CT molecular complexity index is 384. The average molecular weight is 302 g/mol. The molecule has 3 N–H and O–H groups in total. The van der Waals surface area contributed by atoms with Crippen LogP contribution in [-0.4, -0.2) is 5.11 Å². The highest BCUT2D eigenvalue weighted by Crippen LogP contribution is 2.28. The zero-order valence-electron chi connectivity index (χ0n) is 7.79. The number of phenols is 1. The summed E-state index contributed by atoms with van der Waals surface area (Å²) in [6.07, 6.45) is 0.215. The van der Waals surface area contributed by atoms with E-state index in [-0.39, 0.29) is 12.2 Å². The molecular formula is C10H11IN2O. The maximum Gasteiger partial charge on any atom is 0.120 e. The van der Waals surface area contributed by atoms with Gasteiger partial charge in [-0.3, -0.25) is 0 Å². The molecule has 0 aliphatic rings. The molecule has 74 valence electrons. The number of nitriles is 1. The van der Waals surface area contributed by atoms with Crippen LogP contribution in [0.25, 0.3) is 0 Å². The Morgan fingerprint density at radius 2 is 2.29 bits per heavy atom. The van der Waals surface area contributed by atoms with E-state index < -0.39 is 6.04 Å². The van der Waals surface area contributed by atoms with Crippen LogP contribution < -0.4 is 5.73 Å². The van der Waals surface area contributed by atoms with Gasteiger partial charge in [-0.05, 0) is 47.2 Å². The van der Waals surface area contributed by atoms with E-state index in [9.17, 15) is 5.11 Å². The van der Waals surface area contributed by atoms with Crippen LogP contribution in [0.1, 0.15) is 23.6 Å². The van der Waals surface area contributed by atoms with E-state index in [4.69, 9.17) is 11.0 Å². The van der Waals surface area contributed by atoms with E-state index in [1.165, 1.54) is 0 Å². The zero-order valence-corrected chi connectivity index (χ0v) is 9.95. The monoisotopic (exact) mass is 302 g/mol. The number of halogens is 1. The number of benzene rings is 1. The van der Waals surface area contributed by atoms with Gasteiger partial charge in [0.15, 0.2) is 0 Å². The van der Waals surface area contributed by atoms with Crippen molar-refractivity contribution in [2.24, 2.45) is 5.73 Å². The van der Waals surface area contributed by atoms with Crippen LogP contribution in [0.3, 0.4) is 0 Å². The molecule has 1 unspecified atom stereocenters. The first-order valence-corrected chi connectivity index (χ1v) is 5.25. The fraction of sp³-hybridized carbons (Fsp3) is 0.300. The fourth-order valence-electron chi connectivity index (χ4n) is 1.19. The molecule has 0 spiro atoms. The first-order valence-electron chi connectivity index (χ1n) is 4.17. The quantitative estimate of drug-likeness (QED) is 0.823. The van der Waals surface area contributed by atoms with Crippen LogP contribution in [0.4, 0.5) is 0 Å². The Hall–Kier alpha value is -0.800. The van der Waals surface area contributed by atoms with Crippen molar-refractivity contribution in [1.29, 1.82) is 5.26 Å². The maximum atomic E-state index is 9.62. The Morgan fingerprint density at radius 1 is 1.64 bits per heavy atom. The first kappa shape index (κ1) is 11.3.